The first-order valence-electron chi connectivity index (χ1n) is 7.63. The van der Waals surface area contributed by atoms with E-state index in [4.69, 9.17) is 10.7 Å². The average molecular weight is 260 g/mol. The summed E-state index contributed by atoms with van der Waals surface area (Å²) in [5, 5.41) is 0. The largest absolute Gasteiger partial charge is 0.384 e. The molecular weight excluding hydrogens is 236 g/mol. The fraction of sp³-hybridized carbons (Fsp3) is 0.733. The molecule has 104 valence electrons. The van der Waals surface area contributed by atoms with Gasteiger partial charge in [-0.25, -0.2) is 9.97 Å². The normalized spacial score (nSPS) is 18.6. The molecule has 0 amide bonds. The molecule has 4 heteroatoms. The van der Waals surface area contributed by atoms with Crippen molar-refractivity contribution in [1.82, 2.24) is 9.97 Å². The Balaban J connectivity index is 1.77. The second-order valence-corrected chi connectivity index (χ2v) is 6.11. The van der Waals surface area contributed by atoms with Crippen molar-refractivity contribution in [1.29, 1.82) is 0 Å². The molecule has 0 radical (unpaired) electrons. The number of aryl methyl sites for hydroxylation is 1. The molecule has 1 aromatic heterocycles. The van der Waals surface area contributed by atoms with Crippen LogP contribution in [0.3, 0.4) is 0 Å². The minimum Gasteiger partial charge on any atom is -0.384 e. The lowest BCUT2D eigenvalue weighted by atomic mass is 10.3. The molecule has 0 spiro atoms. The quantitative estimate of drug-likeness (QED) is 0.819. The molecule has 2 fully saturated rings. The SMILES string of the molecule is CCCc1nc(N)cc(N(CC2CC2)CC2CC2)n1. The van der Waals surface area contributed by atoms with E-state index in [2.05, 4.69) is 16.8 Å². The first kappa shape index (κ1) is 12.7. The van der Waals surface area contributed by atoms with Gasteiger partial charge in [0.2, 0.25) is 0 Å². The highest BCUT2D eigenvalue weighted by Gasteiger charge is 2.30. The van der Waals surface area contributed by atoms with Gasteiger partial charge in [0, 0.05) is 25.6 Å². The number of rotatable bonds is 7. The fourth-order valence-electron chi connectivity index (χ4n) is 2.49. The average Bonchev–Trinajstić information content (AvgIpc) is 3.22. The number of hydrogen-bond donors (Lipinski definition) is 1. The molecule has 4 nitrogen and oxygen atoms in total. The van der Waals surface area contributed by atoms with Crippen LogP contribution in [0, 0.1) is 11.8 Å². The van der Waals surface area contributed by atoms with Crippen LogP contribution in [0.25, 0.3) is 0 Å². The molecule has 2 N–H and O–H groups in total. The lowest BCUT2D eigenvalue weighted by Gasteiger charge is -2.24. The highest BCUT2D eigenvalue weighted by atomic mass is 15.2. The second-order valence-electron chi connectivity index (χ2n) is 6.11. The van der Waals surface area contributed by atoms with Crippen LogP contribution < -0.4 is 10.6 Å². The zero-order chi connectivity index (χ0) is 13.2. The highest BCUT2D eigenvalue weighted by Crippen LogP contribution is 2.35. The van der Waals surface area contributed by atoms with Crippen LogP contribution in [0.4, 0.5) is 11.6 Å². The Kier molecular flexibility index (Phi) is 3.58. The first-order chi connectivity index (χ1) is 9.24. The highest BCUT2D eigenvalue weighted by molar-refractivity contribution is 5.47. The molecule has 0 bridgehead atoms. The van der Waals surface area contributed by atoms with Gasteiger partial charge in [0.1, 0.15) is 17.5 Å². The molecular formula is C15H24N4. The molecule has 2 aliphatic carbocycles. The van der Waals surface area contributed by atoms with Crippen LogP contribution in [-0.2, 0) is 6.42 Å². The summed E-state index contributed by atoms with van der Waals surface area (Å²) in [6.45, 7) is 4.45. The Morgan fingerprint density at radius 1 is 1.16 bits per heavy atom. The van der Waals surface area contributed by atoms with Crippen molar-refractivity contribution < 1.29 is 0 Å². The maximum absolute atomic E-state index is 5.94. The van der Waals surface area contributed by atoms with Crippen LogP contribution in [0.2, 0.25) is 0 Å². The molecule has 0 aliphatic heterocycles. The standard InChI is InChI=1S/C15H24N4/c1-2-3-14-17-13(16)8-15(18-14)19(9-11-4-5-11)10-12-6-7-12/h8,11-12H,2-7,9-10H2,1H3,(H2,16,17,18). The third-order valence-electron chi connectivity index (χ3n) is 3.93. The molecule has 3 rings (SSSR count). The molecule has 0 unspecified atom stereocenters. The van der Waals surface area contributed by atoms with Gasteiger partial charge in [0.25, 0.3) is 0 Å². The van der Waals surface area contributed by atoms with E-state index in [0.29, 0.717) is 5.82 Å². The van der Waals surface area contributed by atoms with Crippen molar-refractivity contribution in [3.8, 4) is 0 Å². The van der Waals surface area contributed by atoms with E-state index in [1.54, 1.807) is 0 Å². The summed E-state index contributed by atoms with van der Waals surface area (Å²) in [6.07, 6.45) is 7.49. The van der Waals surface area contributed by atoms with Crippen LogP contribution in [0.5, 0.6) is 0 Å². The molecule has 1 aromatic rings. The van der Waals surface area contributed by atoms with Gasteiger partial charge in [0.15, 0.2) is 0 Å². The summed E-state index contributed by atoms with van der Waals surface area (Å²) in [5.41, 5.74) is 5.94. The molecule has 2 saturated carbocycles. The van der Waals surface area contributed by atoms with Crippen molar-refractivity contribution in [2.75, 3.05) is 23.7 Å². The van der Waals surface area contributed by atoms with Crippen LogP contribution in [0.1, 0.15) is 44.9 Å². The smallest absolute Gasteiger partial charge is 0.134 e. The van der Waals surface area contributed by atoms with E-state index in [1.807, 2.05) is 6.07 Å². The third kappa shape index (κ3) is 3.58. The maximum Gasteiger partial charge on any atom is 0.134 e. The van der Waals surface area contributed by atoms with E-state index >= 15 is 0 Å². The molecule has 0 aromatic carbocycles. The van der Waals surface area contributed by atoms with E-state index in [9.17, 15) is 0 Å². The van der Waals surface area contributed by atoms with Crippen molar-refractivity contribution in [2.45, 2.75) is 45.4 Å². The predicted octanol–water partition coefficient (Wildman–Crippen LogP) is 2.64. The maximum atomic E-state index is 5.94. The van der Waals surface area contributed by atoms with E-state index in [-0.39, 0.29) is 0 Å². The molecule has 1 heterocycles. The molecule has 19 heavy (non-hydrogen) atoms. The molecule has 2 aliphatic rings. The summed E-state index contributed by atoms with van der Waals surface area (Å²) in [7, 11) is 0. The van der Waals surface area contributed by atoms with Gasteiger partial charge in [0.05, 0.1) is 0 Å². The Hall–Kier alpha value is -1.32. The van der Waals surface area contributed by atoms with Crippen molar-refractivity contribution in [3.63, 3.8) is 0 Å². The van der Waals surface area contributed by atoms with Gasteiger partial charge in [-0.3, -0.25) is 0 Å². The predicted molar refractivity (Wildman–Crippen MR) is 78.1 cm³/mol. The van der Waals surface area contributed by atoms with E-state index < -0.39 is 0 Å². The Morgan fingerprint density at radius 3 is 2.32 bits per heavy atom. The zero-order valence-electron chi connectivity index (χ0n) is 11.8. The van der Waals surface area contributed by atoms with Crippen LogP contribution >= 0.6 is 0 Å². The van der Waals surface area contributed by atoms with Gasteiger partial charge in [-0.05, 0) is 43.9 Å². The van der Waals surface area contributed by atoms with Crippen LogP contribution in [-0.4, -0.2) is 23.1 Å². The summed E-state index contributed by atoms with van der Waals surface area (Å²) in [4.78, 5) is 11.5. The van der Waals surface area contributed by atoms with Gasteiger partial charge >= 0.3 is 0 Å². The fourth-order valence-corrected chi connectivity index (χ4v) is 2.49. The van der Waals surface area contributed by atoms with Gasteiger partial charge < -0.3 is 10.6 Å². The molecule has 0 atom stereocenters. The summed E-state index contributed by atoms with van der Waals surface area (Å²) >= 11 is 0. The minimum atomic E-state index is 0.616. The number of aromatic nitrogens is 2. The summed E-state index contributed by atoms with van der Waals surface area (Å²) < 4.78 is 0. The number of nitrogen functional groups attached to an aromatic ring is 1. The minimum absolute atomic E-state index is 0.616. The van der Waals surface area contributed by atoms with E-state index in [0.717, 1.165) is 49.4 Å². The Morgan fingerprint density at radius 2 is 1.79 bits per heavy atom. The van der Waals surface area contributed by atoms with Crippen molar-refractivity contribution >= 4 is 11.6 Å². The van der Waals surface area contributed by atoms with Crippen molar-refractivity contribution in [3.05, 3.63) is 11.9 Å². The summed E-state index contributed by atoms with van der Waals surface area (Å²) in [6, 6.07) is 1.95. The number of nitrogens with two attached hydrogens (primary N) is 1. The summed E-state index contributed by atoms with van der Waals surface area (Å²) in [5.74, 6) is 4.32. The van der Waals surface area contributed by atoms with Crippen LogP contribution in [0.15, 0.2) is 6.07 Å². The van der Waals surface area contributed by atoms with Gasteiger partial charge in [-0.15, -0.1) is 0 Å². The zero-order valence-corrected chi connectivity index (χ0v) is 11.8. The van der Waals surface area contributed by atoms with Crippen molar-refractivity contribution in [2.24, 2.45) is 11.8 Å². The number of nitrogens with zero attached hydrogens (tertiary/aromatic N) is 3. The van der Waals surface area contributed by atoms with E-state index in [1.165, 1.54) is 25.7 Å². The number of hydrogen-bond acceptors (Lipinski definition) is 4. The topological polar surface area (TPSA) is 55.0 Å². The number of anilines is 2. The third-order valence-corrected chi connectivity index (χ3v) is 3.93. The Labute approximate surface area is 115 Å². The van der Waals surface area contributed by atoms with Gasteiger partial charge in [-0.1, -0.05) is 6.92 Å². The lowest BCUT2D eigenvalue weighted by Crippen LogP contribution is -2.29. The monoisotopic (exact) mass is 260 g/mol. The Bertz CT molecular complexity index is 424. The second kappa shape index (κ2) is 5.35. The first-order valence-corrected chi connectivity index (χ1v) is 7.63. The molecule has 0 saturated heterocycles. The lowest BCUT2D eigenvalue weighted by molar-refractivity contribution is 0.667. The van der Waals surface area contributed by atoms with Gasteiger partial charge in [-0.2, -0.15) is 0 Å².